The summed E-state index contributed by atoms with van der Waals surface area (Å²) in [6, 6.07) is 10.4. The molecule has 0 amide bonds. The summed E-state index contributed by atoms with van der Waals surface area (Å²) in [7, 11) is -4.40. The molecule has 0 bridgehead atoms. The van der Waals surface area contributed by atoms with E-state index in [1.807, 2.05) is 56.4 Å². The van der Waals surface area contributed by atoms with Gasteiger partial charge in [0.25, 0.3) is 10.1 Å². The first-order chi connectivity index (χ1) is 24.1. The maximum Gasteiger partial charge on any atom is 0.303 e. The maximum atomic E-state index is 12.0. The van der Waals surface area contributed by atoms with Crippen molar-refractivity contribution in [2.75, 3.05) is 18.0 Å². The molecular formula is C37H46N2O10S2. The summed E-state index contributed by atoms with van der Waals surface area (Å²) >= 11 is 0.835. The van der Waals surface area contributed by atoms with Crippen molar-refractivity contribution in [3.05, 3.63) is 83.6 Å². The summed E-state index contributed by atoms with van der Waals surface area (Å²) in [6.45, 7) is 9.54. The zero-order valence-electron chi connectivity index (χ0n) is 29.3. The number of rotatable bonds is 19. The fourth-order valence-electron chi connectivity index (χ4n) is 6.86. The van der Waals surface area contributed by atoms with Crippen LogP contribution in [0.4, 0.5) is 11.4 Å². The van der Waals surface area contributed by atoms with Crippen molar-refractivity contribution in [3.63, 3.8) is 0 Å². The standard InChI is InChI=1S/C37H46N2O10S2/c1-36(2)28-24-26(50-49-48-44)18-20-30(28)38(22-12-6-10-16-34(40)41)32(36)14-8-5-9-15-33-37(3,4)29-25-27(51(45,46)47)19-21-31(29)39(33)23-13-7-11-17-35(42)43/h5,8-9,14-15,18-21,24-25H,6-7,10-13,16-17,22-23H2,1-4H3,(H3-,40,41,42,43,44,45,46,47). The number of hydrogen-bond donors (Lipinski definition) is 3. The molecule has 2 aromatic rings. The van der Waals surface area contributed by atoms with Crippen molar-refractivity contribution in [2.45, 2.75) is 99.7 Å². The van der Waals surface area contributed by atoms with E-state index in [1.165, 1.54) is 12.1 Å². The van der Waals surface area contributed by atoms with Crippen LogP contribution in [0.2, 0.25) is 0 Å². The Morgan fingerprint density at radius 3 is 2.22 bits per heavy atom. The maximum absolute atomic E-state index is 12.0. The van der Waals surface area contributed by atoms with Crippen molar-refractivity contribution >= 4 is 51.2 Å². The van der Waals surface area contributed by atoms with E-state index in [2.05, 4.69) is 38.8 Å². The van der Waals surface area contributed by atoms with Gasteiger partial charge in [-0.25, -0.2) is 0 Å². The molecule has 2 heterocycles. The Hall–Kier alpha value is -3.79. The van der Waals surface area contributed by atoms with E-state index in [9.17, 15) is 27.8 Å². The van der Waals surface area contributed by atoms with E-state index in [-0.39, 0.29) is 17.7 Å². The smallest absolute Gasteiger partial charge is 0.303 e. The lowest BCUT2D eigenvalue weighted by atomic mass is 9.81. The second-order valence-electron chi connectivity index (χ2n) is 13.7. The zero-order valence-corrected chi connectivity index (χ0v) is 31.0. The van der Waals surface area contributed by atoms with E-state index >= 15 is 0 Å². The van der Waals surface area contributed by atoms with Gasteiger partial charge < -0.3 is 20.4 Å². The number of allylic oxidation sites excluding steroid dienone is 6. The molecule has 2 aliphatic rings. The number of fused-ring (bicyclic) bond motifs is 2. The molecule has 0 fully saturated rings. The van der Waals surface area contributed by atoms with Crippen molar-refractivity contribution < 1.29 is 52.0 Å². The molecule has 0 saturated carbocycles. The van der Waals surface area contributed by atoms with Crippen LogP contribution in [0.1, 0.15) is 90.2 Å². The Bertz CT molecular complexity index is 1840. The lowest BCUT2D eigenvalue weighted by Gasteiger charge is -2.27. The highest BCUT2D eigenvalue weighted by Crippen LogP contribution is 2.48. The molecule has 2 aromatic carbocycles. The largest absolute Gasteiger partial charge is 0.691 e. The highest BCUT2D eigenvalue weighted by molar-refractivity contribution is 7.94. The Morgan fingerprint density at radius 1 is 0.882 bits per heavy atom. The van der Waals surface area contributed by atoms with E-state index in [1.54, 1.807) is 6.07 Å². The monoisotopic (exact) mass is 742 g/mol. The van der Waals surface area contributed by atoms with Gasteiger partial charge in [0.15, 0.2) is 5.71 Å². The van der Waals surface area contributed by atoms with Gasteiger partial charge in [0, 0.05) is 65.2 Å². The SMILES string of the molecule is CC1(C)C(/C=C/C=C/C=C2/N(CCCCCC(=O)O)c3ccc(S(=O)(=O)O)cc3C2(C)C)=[N+](CCCCCC(=O)O)c2ccc(SOO[O-])cc21. The topological polar surface area (TPSA) is 177 Å². The molecule has 2 aliphatic heterocycles. The molecule has 0 aromatic heterocycles. The molecule has 0 aliphatic carbocycles. The van der Waals surface area contributed by atoms with Gasteiger partial charge in [0.2, 0.25) is 5.69 Å². The molecule has 3 N–H and O–H groups in total. The molecule has 0 atom stereocenters. The van der Waals surface area contributed by atoms with Crippen LogP contribution in [0.5, 0.6) is 0 Å². The quantitative estimate of drug-likeness (QED) is 0.0267. The van der Waals surface area contributed by atoms with E-state index < -0.39 is 32.9 Å². The summed E-state index contributed by atoms with van der Waals surface area (Å²) < 4.78 is 40.5. The third-order valence-electron chi connectivity index (χ3n) is 9.46. The van der Waals surface area contributed by atoms with Crippen molar-refractivity contribution in [1.29, 1.82) is 0 Å². The van der Waals surface area contributed by atoms with E-state index in [0.717, 1.165) is 71.6 Å². The summed E-state index contributed by atoms with van der Waals surface area (Å²) in [5, 5.41) is 32.0. The first kappa shape index (κ1) is 40.0. The van der Waals surface area contributed by atoms with Crippen molar-refractivity contribution in [1.82, 2.24) is 0 Å². The van der Waals surface area contributed by atoms with Crippen LogP contribution in [0.25, 0.3) is 0 Å². The third-order valence-corrected chi connectivity index (χ3v) is 10.9. The first-order valence-corrected chi connectivity index (χ1v) is 19.1. The number of anilines is 1. The Labute approximate surface area is 303 Å². The molecule has 276 valence electrons. The normalized spacial score (nSPS) is 17.2. The summed E-state index contributed by atoms with van der Waals surface area (Å²) in [6.07, 6.45) is 14.3. The molecule has 51 heavy (non-hydrogen) atoms. The number of carboxylic acid groups (broad SMARTS) is 2. The van der Waals surface area contributed by atoms with Gasteiger partial charge in [-0.1, -0.05) is 38.5 Å². The average molecular weight is 743 g/mol. The van der Waals surface area contributed by atoms with Gasteiger partial charge in [-0.15, -0.1) is 0 Å². The minimum atomic E-state index is -4.40. The number of benzene rings is 2. The molecule has 14 heteroatoms. The third kappa shape index (κ3) is 9.76. The van der Waals surface area contributed by atoms with Crippen LogP contribution in [0, 0.1) is 0 Å². The predicted octanol–water partition coefficient (Wildman–Crippen LogP) is 6.62. The molecular weight excluding hydrogens is 697 g/mol. The zero-order chi connectivity index (χ0) is 37.4. The van der Waals surface area contributed by atoms with Gasteiger partial charge in [-0.3, -0.25) is 19.2 Å². The van der Waals surface area contributed by atoms with Crippen LogP contribution < -0.4 is 10.2 Å². The van der Waals surface area contributed by atoms with Crippen LogP contribution >= 0.6 is 12.0 Å². The fraction of sp³-hybridized carbons (Fsp3) is 0.432. The fourth-order valence-corrected chi connectivity index (χ4v) is 7.76. The number of carbonyl (C=O) groups is 2. The second kappa shape index (κ2) is 17.2. The Morgan fingerprint density at radius 2 is 1.57 bits per heavy atom. The Kier molecular flexibility index (Phi) is 13.4. The molecule has 12 nitrogen and oxygen atoms in total. The van der Waals surface area contributed by atoms with Crippen LogP contribution in [-0.4, -0.2) is 58.5 Å². The molecule has 0 saturated heterocycles. The van der Waals surface area contributed by atoms with Gasteiger partial charge >= 0.3 is 11.9 Å². The number of unbranched alkanes of at least 4 members (excludes halogenated alkanes) is 4. The second-order valence-corrected chi connectivity index (χ2v) is 15.9. The highest BCUT2D eigenvalue weighted by Gasteiger charge is 2.44. The molecule has 0 radical (unpaired) electrons. The van der Waals surface area contributed by atoms with Crippen LogP contribution in [0.15, 0.2) is 82.3 Å². The van der Waals surface area contributed by atoms with E-state index in [4.69, 9.17) is 10.2 Å². The minimum Gasteiger partial charge on any atom is -0.691 e. The van der Waals surface area contributed by atoms with Gasteiger partial charge in [-0.2, -0.15) is 17.3 Å². The Balaban J connectivity index is 1.62. The van der Waals surface area contributed by atoms with E-state index in [0.29, 0.717) is 30.8 Å². The number of aliphatic carboxylic acids is 2. The average Bonchev–Trinajstić information content (AvgIpc) is 3.40. The molecule has 0 unspecified atom stereocenters. The van der Waals surface area contributed by atoms with Crippen LogP contribution in [-0.2, 0) is 39.9 Å². The molecule has 4 rings (SSSR count). The highest BCUT2D eigenvalue weighted by atomic mass is 32.2. The summed E-state index contributed by atoms with van der Waals surface area (Å²) in [5.41, 5.74) is 4.65. The van der Waals surface area contributed by atoms with Gasteiger partial charge in [0.1, 0.15) is 6.54 Å². The van der Waals surface area contributed by atoms with Gasteiger partial charge in [0.05, 0.1) is 22.4 Å². The van der Waals surface area contributed by atoms with Crippen molar-refractivity contribution in [3.8, 4) is 0 Å². The number of carboxylic acids is 2. The van der Waals surface area contributed by atoms with Crippen molar-refractivity contribution in [2.24, 2.45) is 0 Å². The number of hydrogen-bond acceptors (Lipinski definition) is 9. The lowest BCUT2D eigenvalue weighted by molar-refractivity contribution is -0.777. The number of nitrogens with zero attached hydrogens (tertiary/aromatic N) is 2. The minimum absolute atomic E-state index is 0.103. The first-order valence-electron chi connectivity index (χ1n) is 16.9. The molecule has 0 spiro atoms. The van der Waals surface area contributed by atoms with Crippen LogP contribution in [0.3, 0.4) is 0 Å². The summed E-state index contributed by atoms with van der Waals surface area (Å²) in [4.78, 5) is 24.7. The summed E-state index contributed by atoms with van der Waals surface area (Å²) in [5.74, 6) is -1.63. The van der Waals surface area contributed by atoms with Gasteiger partial charge in [-0.05, 0) is 81.5 Å². The predicted molar refractivity (Wildman–Crippen MR) is 192 cm³/mol. The lowest BCUT2D eigenvalue weighted by Crippen LogP contribution is -2.28.